The lowest BCUT2D eigenvalue weighted by Crippen LogP contribution is -2.24. The van der Waals surface area contributed by atoms with Gasteiger partial charge in [0.1, 0.15) is 0 Å². The first-order valence-corrected chi connectivity index (χ1v) is 8.13. The molecule has 0 unspecified atom stereocenters. The van der Waals surface area contributed by atoms with Crippen molar-refractivity contribution in [3.63, 3.8) is 0 Å². The first-order chi connectivity index (χ1) is 12.9. The summed E-state index contributed by atoms with van der Waals surface area (Å²) in [5.74, 6) is -0.419. The molecular formula is C19H21N3O5. The number of carboxylic acid groups (broad SMARTS) is 1. The fourth-order valence-corrected chi connectivity index (χ4v) is 2.06. The summed E-state index contributed by atoms with van der Waals surface area (Å²) in [6.45, 7) is 3.38. The van der Waals surface area contributed by atoms with Gasteiger partial charge < -0.3 is 19.9 Å². The van der Waals surface area contributed by atoms with Crippen LogP contribution in [0.25, 0.3) is 0 Å². The quantitative estimate of drug-likeness (QED) is 0.512. The Morgan fingerprint density at radius 2 is 1.85 bits per heavy atom. The molecule has 2 aromatic carbocycles. The molecule has 2 amide bonds. The number of methoxy groups -OCH3 is 1. The topological polar surface area (TPSA) is 109 Å². The summed E-state index contributed by atoms with van der Waals surface area (Å²) < 4.78 is 10.5. The van der Waals surface area contributed by atoms with Gasteiger partial charge >= 0.3 is 12.0 Å². The fourth-order valence-electron chi connectivity index (χ4n) is 2.06. The van der Waals surface area contributed by atoms with Crippen molar-refractivity contribution in [2.45, 2.75) is 20.0 Å². The summed E-state index contributed by atoms with van der Waals surface area (Å²) >= 11 is 0. The van der Waals surface area contributed by atoms with E-state index < -0.39 is 18.1 Å². The van der Waals surface area contributed by atoms with Gasteiger partial charge in [-0.3, -0.25) is 0 Å². The molecule has 0 aliphatic heterocycles. The van der Waals surface area contributed by atoms with Crippen LogP contribution in [0.15, 0.2) is 47.6 Å². The summed E-state index contributed by atoms with van der Waals surface area (Å²) in [5.41, 5.74) is 4.75. The molecule has 0 spiro atoms. The summed E-state index contributed by atoms with van der Waals surface area (Å²) in [6.07, 6.45) is 0.423. The number of aryl methyl sites for hydroxylation is 1. The number of carbonyl (C=O) groups excluding carboxylic acids is 1. The molecule has 0 fully saturated rings. The van der Waals surface area contributed by atoms with E-state index in [1.54, 1.807) is 30.3 Å². The van der Waals surface area contributed by atoms with E-state index in [9.17, 15) is 9.59 Å². The van der Waals surface area contributed by atoms with Gasteiger partial charge in [-0.25, -0.2) is 15.0 Å². The smallest absolute Gasteiger partial charge is 0.344 e. The highest BCUT2D eigenvalue weighted by molar-refractivity contribution is 5.90. The number of anilines is 1. The maximum absolute atomic E-state index is 11.8. The molecule has 0 saturated carbocycles. The minimum Gasteiger partial charge on any atom is -0.493 e. The Morgan fingerprint density at radius 3 is 2.48 bits per heavy atom. The number of rotatable bonds is 7. The molecule has 3 N–H and O–H groups in total. The van der Waals surface area contributed by atoms with Gasteiger partial charge in [-0.05, 0) is 49.7 Å². The lowest BCUT2D eigenvalue weighted by molar-refractivity contribution is -0.144. The number of benzene rings is 2. The van der Waals surface area contributed by atoms with Crippen LogP contribution in [0.4, 0.5) is 10.5 Å². The zero-order chi connectivity index (χ0) is 19.8. The number of aliphatic carboxylic acids is 1. The van der Waals surface area contributed by atoms with E-state index in [-0.39, 0.29) is 0 Å². The lowest BCUT2D eigenvalue weighted by Gasteiger charge is -2.14. The van der Waals surface area contributed by atoms with Crippen molar-refractivity contribution in [3.8, 4) is 11.5 Å². The van der Waals surface area contributed by atoms with Crippen molar-refractivity contribution in [3.05, 3.63) is 53.6 Å². The molecule has 0 saturated heterocycles. The van der Waals surface area contributed by atoms with Gasteiger partial charge in [0.15, 0.2) is 17.6 Å². The van der Waals surface area contributed by atoms with Crippen molar-refractivity contribution < 1.29 is 24.2 Å². The average Bonchev–Trinajstić information content (AvgIpc) is 2.64. The number of hydrogen-bond acceptors (Lipinski definition) is 5. The Morgan fingerprint density at radius 1 is 1.15 bits per heavy atom. The molecule has 0 heterocycles. The summed E-state index contributed by atoms with van der Waals surface area (Å²) in [6, 6.07) is 11.7. The molecule has 0 radical (unpaired) electrons. The third-order valence-corrected chi connectivity index (χ3v) is 3.53. The van der Waals surface area contributed by atoms with Gasteiger partial charge in [-0.15, -0.1) is 0 Å². The maximum atomic E-state index is 11.8. The predicted molar refractivity (Wildman–Crippen MR) is 102 cm³/mol. The number of urea groups is 1. The number of hydrazone groups is 1. The Kier molecular flexibility index (Phi) is 6.76. The Hall–Kier alpha value is -3.55. The third kappa shape index (κ3) is 6.03. The van der Waals surface area contributed by atoms with Gasteiger partial charge in [0.2, 0.25) is 0 Å². The van der Waals surface area contributed by atoms with E-state index in [2.05, 4.69) is 15.8 Å². The largest absolute Gasteiger partial charge is 0.493 e. The molecule has 8 nitrogen and oxygen atoms in total. The molecule has 142 valence electrons. The third-order valence-electron chi connectivity index (χ3n) is 3.53. The highest BCUT2D eigenvalue weighted by atomic mass is 16.5. The SMILES string of the molecule is COc1cc(/C=N/NC(=O)Nc2ccc(C)cc2)ccc1O[C@H](C)C(=O)O. The number of ether oxygens (including phenoxy) is 2. The van der Waals surface area contributed by atoms with Crippen LogP contribution in [0, 0.1) is 6.92 Å². The van der Waals surface area contributed by atoms with Crippen LogP contribution >= 0.6 is 0 Å². The second kappa shape index (κ2) is 9.23. The van der Waals surface area contributed by atoms with Crippen molar-refractivity contribution in [2.75, 3.05) is 12.4 Å². The zero-order valence-corrected chi connectivity index (χ0v) is 15.2. The summed E-state index contributed by atoms with van der Waals surface area (Å²) in [5, 5.41) is 15.4. The zero-order valence-electron chi connectivity index (χ0n) is 15.2. The molecule has 2 aromatic rings. The standard InChI is InChI=1S/C19H21N3O5/c1-12-4-7-15(8-5-12)21-19(25)22-20-11-14-6-9-16(17(10-14)26-3)27-13(2)18(23)24/h4-11,13H,1-3H3,(H,23,24)(H2,21,22,25)/b20-11+/t13-/m1/s1. The monoisotopic (exact) mass is 371 g/mol. The normalized spacial score (nSPS) is 11.7. The number of nitrogens with zero attached hydrogens (tertiary/aromatic N) is 1. The second-order valence-electron chi connectivity index (χ2n) is 5.70. The average molecular weight is 371 g/mol. The molecule has 8 heteroatoms. The van der Waals surface area contributed by atoms with E-state index in [0.29, 0.717) is 22.7 Å². The van der Waals surface area contributed by atoms with Gasteiger partial charge in [0, 0.05) is 5.69 Å². The predicted octanol–water partition coefficient (Wildman–Crippen LogP) is 3.01. The van der Waals surface area contributed by atoms with Crippen LogP contribution in [0.5, 0.6) is 11.5 Å². The molecule has 27 heavy (non-hydrogen) atoms. The van der Waals surface area contributed by atoms with Crippen LogP contribution in [-0.4, -0.2) is 36.5 Å². The minimum absolute atomic E-state index is 0.301. The van der Waals surface area contributed by atoms with Crippen LogP contribution in [0.2, 0.25) is 0 Å². The van der Waals surface area contributed by atoms with Crippen molar-refractivity contribution in [1.82, 2.24) is 5.43 Å². The summed E-state index contributed by atoms with van der Waals surface area (Å²) in [4.78, 5) is 22.7. The highest BCUT2D eigenvalue weighted by Crippen LogP contribution is 2.28. The number of carbonyl (C=O) groups is 2. The van der Waals surface area contributed by atoms with Crippen LogP contribution < -0.4 is 20.2 Å². The van der Waals surface area contributed by atoms with E-state index in [0.717, 1.165) is 5.56 Å². The van der Waals surface area contributed by atoms with Crippen molar-refractivity contribution >= 4 is 23.9 Å². The number of hydrogen-bond donors (Lipinski definition) is 3. The van der Waals surface area contributed by atoms with E-state index in [1.807, 2.05) is 19.1 Å². The van der Waals surface area contributed by atoms with Crippen molar-refractivity contribution in [1.29, 1.82) is 0 Å². The number of nitrogens with one attached hydrogen (secondary N) is 2. The molecular weight excluding hydrogens is 350 g/mol. The number of amides is 2. The Balaban J connectivity index is 1.96. The first-order valence-electron chi connectivity index (χ1n) is 8.13. The van der Waals surface area contributed by atoms with E-state index in [4.69, 9.17) is 14.6 Å². The lowest BCUT2D eigenvalue weighted by atomic mass is 10.2. The Bertz CT molecular complexity index is 834. The Labute approximate surface area is 156 Å². The van der Waals surface area contributed by atoms with Crippen LogP contribution in [-0.2, 0) is 4.79 Å². The van der Waals surface area contributed by atoms with Gasteiger partial charge in [0.05, 0.1) is 13.3 Å². The van der Waals surface area contributed by atoms with Crippen LogP contribution in [0.3, 0.4) is 0 Å². The van der Waals surface area contributed by atoms with Gasteiger partial charge in [-0.2, -0.15) is 5.10 Å². The summed E-state index contributed by atoms with van der Waals surface area (Å²) in [7, 11) is 1.45. The van der Waals surface area contributed by atoms with Crippen LogP contribution in [0.1, 0.15) is 18.1 Å². The maximum Gasteiger partial charge on any atom is 0.344 e. The molecule has 0 bridgehead atoms. The molecule has 0 aliphatic rings. The first kappa shape index (κ1) is 19.8. The number of carboxylic acids is 1. The minimum atomic E-state index is -1.08. The molecule has 0 aromatic heterocycles. The second-order valence-corrected chi connectivity index (χ2v) is 5.70. The molecule has 0 aliphatic carbocycles. The van der Waals surface area contributed by atoms with Gasteiger partial charge in [-0.1, -0.05) is 17.7 Å². The molecule has 2 rings (SSSR count). The van der Waals surface area contributed by atoms with E-state index in [1.165, 1.54) is 20.2 Å². The van der Waals surface area contributed by atoms with E-state index >= 15 is 0 Å². The fraction of sp³-hybridized carbons (Fsp3) is 0.211. The molecule has 1 atom stereocenters. The van der Waals surface area contributed by atoms with Crippen molar-refractivity contribution in [2.24, 2.45) is 5.10 Å². The highest BCUT2D eigenvalue weighted by Gasteiger charge is 2.15. The van der Waals surface area contributed by atoms with Gasteiger partial charge in [0.25, 0.3) is 0 Å².